The summed E-state index contributed by atoms with van der Waals surface area (Å²) in [5, 5.41) is 9.73. The number of carbonyl (C=O) groups is 1. The molecular weight excluding hydrogens is 354 g/mol. The van der Waals surface area contributed by atoms with E-state index in [4.69, 9.17) is 0 Å². The highest BCUT2D eigenvalue weighted by molar-refractivity contribution is 9.10. The number of benzene rings is 1. The van der Waals surface area contributed by atoms with Gasteiger partial charge in [-0.3, -0.25) is 0 Å². The molecule has 1 aliphatic rings. The molecule has 5 heteroatoms. The minimum atomic E-state index is -0.0736. The van der Waals surface area contributed by atoms with Crippen LogP contribution in [0.4, 0.5) is 4.79 Å². The normalized spacial score (nSPS) is 20.0. The van der Waals surface area contributed by atoms with Crippen molar-refractivity contribution in [3.8, 4) is 0 Å². The molecule has 1 heterocycles. The Kier molecular flexibility index (Phi) is 5.74. The van der Waals surface area contributed by atoms with Gasteiger partial charge in [-0.1, -0.05) is 34.1 Å². The summed E-state index contributed by atoms with van der Waals surface area (Å²) in [4.78, 5) is 12.2. The molecule has 1 aromatic rings. The Hall–Kier alpha value is -1.07. The summed E-state index contributed by atoms with van der Waals surface area (Å²) < 4.78 is 1.09. The molecule has 0 aromatic heterocycles. The second-order valence-corrected chi connectivity index (χ2v) is 8.59. The number of carbonyl (C=O) groups excluding carboxylic acids is 1. The van der Waals surface area contributed by atoms with E-state index in [0.717, 1.165) is 23.7 Å². The van der Waals surface area contributed by atoms with E-state index in [2.05, 4.69) is 65.6 Å². The van der Waals surface area contributed by atoms with Crippen LogP contribution in [-0.4, -0.2) is 29.7 Å². The average molecular weight is 382 g/mol. The summed E-state index contributed by atoms with van der Waals surface area (Å²) in [7, 11) is 0. The third kappa shape index (κ3) is 5.81. The van der Waals surface area contributed by atoms with Crippen molar-refractivity contribution in [2.75, 3.05) is 6.54 Å². The van der Waals surface area contributed by atoms with E-state index in [-0.39, 0.29) is 23.2 Å². The van der Waals surface area contributed by atoms with Gasteiger partial charge in [-0.05, 0) is 58.6 Å². The molecule has 0 spiro atoms. The molecule has 3 N–H and O–H groups in total. The molecule has 1 fully saturated rings. The molecule has 0 bridgehead atoms. The second kappa shape index (κ2) is 7.22. The lowest BCUT2D eigenvalue weighted by atomic mass is 9.80. The quantitative estimate of drug-likeness (QED) is 0.745. The highest BCUT2D eigenvalue weighted by Crippen LogP contribution is 2.28. The Morgan fingerprint density at radius 2 is 1.83 bits per heavy atom. The molecule has 0 saturated carbocycles. The third-order valence-corrected chi connectivity index (χ3v) is 4.94. The number of nitrogens with one attached hydrogen (secondary N) is 3. The SMILES string of the molecule is CC1(C)CC(NC(=O)NCCc2ccccc2Br)CC(C)(C)N1. The molecule has 4 nitrogen and oxygen atoms in total. The maximum Gasteiger partial charge on any atom is 0.315 e. The Morgan fingerprint density at radius 1 is 1.22 bits per heavy atom. The van der Waals surface area contributed by atoms with E-state index < -0.39 is 0 Å². The Bertz CT molecular complexity index is 541. The third-order valence-electron chi connectivity index (χ3n) is 4.16. The summed E-state index contributed by atoms with van der Waals surface area (Å²) >= 11 is 3.53. The monoisotopic (exact) mass is 381 g/mol. The van der Waals surface area contributed by atoms with Gasteiger partial charge in [0.2, 0.25) is 0 Å². The molecule has 0 unspecified atom stereocenters. The summed E-state index contributed by atoms with van der Waals surface area (Å²) in [6, 6.07) is 8.23. The predicted octanol–water partition coefficient (Wildman–Crippen LogP) is 3.60. The fourth-order valence-electron chi connectivity index (χ4n) is 3.67. The van der Waals surface area contributed by atoms with Crippen molar-refractivity contribution in [3.63, 3.8) is 0 Å². The van der Waals surface area contributed by atoms with Gasteiger partial charge >= 0.3 is 6.03 Å². The molecular formula is C18H28BrN3O. The number of hydrogen-bond acceptors (Lipinski definition) is 2. The zero-order valence-electron chi connectivity index (χ0n) is 14.5. The van der Waals surface area contributed by atoms with Gasteiger partial charge in [0.15, 0.2) is 0 Å². The summed E-state index contributed by atoms with van der Waals surface area (Å²) in [5.74, 6) is 0. The van der Waals surface area contributed by atoms with Gasteiger partial charge in [-0.15, -0.1) is 0 Å². The van der Waals surface area contributed by atoms with Crippen LogP contribution >= 0.6 is 15.9 Å². The Labute approximate surface area is 147 Å². The van der Waals surface area contributed by atoms with E-state index in [1.165, 1.54) is 5.56 Å². The van der Waals surface area contributed by atoms with Gasteiger partial charge in [-0.2, -0.15) is 0 Å². The van der Waals surface area contributed by atoms with Crippen molar-refractivity contribution in [3.05, 3.63) is 34.3 Å². The molecule has 0 aliphatic carbocycles. The van der Waals surface area contributed by atoms with Crippen LogP contribution in [0.3, 0.4) is 0 Å². The first-order valence-electron chi connectivity index (χ1n) is 8.24. The maximum atomic E-state index is 12.2. The average Bonchev–Trinajstić information content (AvgIpc) is 2.37. The largest absolute Gasteiger partial charge is 0.338 e. The predicted molar refractivity (Wildman–Crippen MR) is 98.7 cm³/mol. The fourth-order valence-corrected chi connectivity index (χ4v) is 4.16. The first-order valence-corrected chi connectivity index (χ1v) is 9.03. The molecule has 2 rings (SSSR count). The Morgan fingerprint density at radius 3 is 2.43 bits per heavy atom. The molecule has 1 aliphatic heterocycles. The molecule has 0 radical (unpaired) electrons. The van der Waals surface area contributed by atoms with Crippen LogP contribution in [0, 0.1) is 0 Å². The minimum Gasteiger partial charge on any atom is -0.338 e. The van der Waals surface area contributed by atoms with E-state index >= 15 is 0 Å². The highest BCUT2D eigenvalue weighted by atomic mass is 79.9. The fraction of sp³-hybridized carbons (Fsp3) is 0.611. The van der Waals surface area contributed by atoms with E-state index in [1.54, 1.807) is 0 Å². The van der Waals surface area contributed by atoms with Crippen LogP contribution in [0.2, 0.25) is 0 Å². The standard InChI is InChI=1S/C18H28BrN3O/c1-17(2)11-14(12-18(3,4)22-17)21-16(23)20-10-9-13-7-5-6-8-15(13)19/h5-8,14,22H,9-12H2,1-4H3,(H2,20,21,23). The number of rotatable bonds is 4. The van der Waals surface area contributed by atoms with Gasteiger partial charge < -0.3 is 16.0 Å². The highest BCUT2D eigenvalue weighted by Gasteiger charge is 2.38. The van der Waals surface area contributed by atoms with E-state index in [0.29, 0.717) is 6.54 Å². The maximum absolute atomic E-state index is 12.2. The van der Waals surface area contributed by atoms with E-state index in [9.17, 15) is 4.79 Å². The van der Waals surface area contributed by atoms with Crippen molar-refractivity contribution in [1.82, 2.24) is 16.0 Å². The summed E-state index contributed by atoms with van der Waals surface area (Å²) in [5.41, 5.74) is 1.28. The minimum absolute atomic E-state index is 0.0363. The number of halogens is 1. The smallest absolute Gasteiger partial charge is 0.315 e. The van der Waals surface area contributed by atoms with Gasteiger partial charge in [0.05, 0.1) is 0 Å². The Balaban J connectivity index is 1.79. The molecule has 23 heavy (non-hydrogen) atoms. The second-order valence-electron chi connectivity index (χ2n) is 7.74. The zero-order chi connectivity index (χ0) is 17.1. The van der Waals surface area contributed by atoms with Gasteiger partial charge in [0.25, 0.3) is 0 Å². The van der Waals surface area contributed by atoms with Crippen molar-refractivity contribution in [2.24, 2.45) is 0 Å². The lowest BCUT2D eigenvalue weighted by Crippen LogP contribution is -2.62. The van der Waals surface area contributed by atoms with E-state index in [1.807, 2.05) is 18.2 Å². The number of piperidine rings is 1. The molecule has 0 atom stereocenters. The number of amides is 2. The summed E-state index contributed by atoms with van der Waals surface area (Å²) in [6.07, 6.45) is 2.69. The van der Waals surface area contributed by atoms with Crippen LogP contribution in [-0.2, 0) is 6.42 Å². The van der Waals surface area contributed by atoms with Crippen LogP contribution in [0.25, 0.3) is 0 Å². The zero-order valence-corrected chi connectivity index (χ0v) is 16.1. The van der Waals surface area contributed by atoms with Crippen LogP contribution in [0.15, 0.2) is 28.7 Å². The van der Waals surface area contributed by atoms with Crippen molar-refractivity contribution >= 4 is 22.0 Å². The van der Waals surface area contributed by atoms with Gasteiger partial charge in [0.1, 0.15) is 0 Å². The molecule has 1 aromatic carbocycles. The van der Waals surface area contributed by atoms with Crippen molar-refractivity contribution < 1.29 is 4.79 Å². The topological polar surface area (TPSA) is 53.2 Å². The first-order chi connectivity index (χ1) is 10.7. The lowest BCUT2D eigenvalue weighted by molar-refractivity contribution is 0.147. The molecule has 1 saturated heterocycles. The first kappa shape index (κ1) is 18.3. The lowest BCUT2D eigenvalue weighted by Gasteiger charge is -2.46. The van der Waals surface area contributed by atoms with Crippen LogP contribution < -0.4 is 16.0 Å². The van der Waals surface area contributed by atoms with Crippen LogP contribution in [0.5, 0.6) is 0 Å². The number of hydrogen-bond donors (Lipinski definition) is 3. The van der Waals surface area contributed by atoms with Crippen LogP contribution in [0.1, 0.15) is 46.1 Å². The van der Waals surface area contributed by atoms with Crippen molar-refractivity contribution in [2.45, 2.75) is 64.1 Å². The number of urea groups is 1. The van der Waals surface area contributed by atoms with Gasteiger partial charge in [0, 0.05) is 28.1 Å². The van der Waals surface area contributed by atoms with Gasteiger partial charge in [-0.25, -0.2) is 4.79 Å². The molecule has 2 amide bonds. The van der Waals surface area contributed by atoms with Crippen molar-refractivity contribution in [1.29, 1.82) is 0 Å². The summed E-state index contributed by atoms with van der Waals surface area (Å²) in [6.45, 7) is 9.38. The molecule has 128 valence electrons.